The van der Waals surface area contributed by atoms with Crippen LogP contribution in [0.5, 0.6) is 0 Å². The van der Waals surface area contributed by atoms with Gasteiger partial charge in [0.2, 0.25) is 0 Å². The SMILES string of the molecule is O=C(Nc1c(F)cccc1F)c1ccc(N2CCc3ccccc32)nn1. The lowest BCUT2D eigenvalue weighted by atomic mass is 10.2. The molecule has 1 aliphatic rings. The lowest BCUT2D eigenvalue weighted by Crippen LogP contribution is -2.19. The van der Waals surface area contributed by atoms with Gasteiger partial charge >= 0.3 is 0 Å². The highest BCUT2D eigenvalue weighted by molar-refractivity contribution is 6.03. The Morgan fingerprint density at radius 3 is 2.46 bits per heavy atom. The molecule has 130 valence electrons. The van der Waals surface area contributed by atoms with Crippen molar-refractivity contribution in [1.29, 1.82) is 0 Å². The van der Waals surface area contributed by atoms with Crippen molar-refractivity contribution < 1.29 is 13.6 Å². The number of para-hydroxylation sites is 2. The number of aromatic nitrogens is 2. The standard InChI is InChI=1S/C19H14F2N4O/c20-13-5-3-6-14(21)18(13)22-19(26)15-8-9-17(24-23-15)25-11-10-12-4-1-2-7-16(12)25/h1-9H,10-11H2,(H,22,26). The van der Waals surface area contributed by atoms with Gasteiger partial charge in [-0.3, -0.25) is 4.79 Å². The maximum Gasteiger partial charge on any atom is 0.276 e. The van der Waals surface area contributed by atoms with Crippen molar-refractivity contribution in [2.45, 2.75) is 6.42 Å². The molecule has 0 aliphatic carbocycles. The fraction of sp³-hybridized carbons (Fsp3) is 0.105. The van der Waals surface area contributed by atoms with Crippen LogP contribution in [0.25, 0.3) is 0 Å². The van der Waals surface area contributed by atoms with Gasteiger partial charge in [-0.25, -0.2) is 8.78 Å². The molecule has 1 amide bonds. The Hall–Kier alpha value is -3.35. The third-order valence-electron chi connectivity index (χ3n) is 4.25. The summed E-state index contributed by atoms with van der Waals surface area (Å²) in [5.41, 5.74) is 1.76. The number of nitrogens with one attached hydrogen (secondary N) is 1. The maximum absolute atomic E-state index is 13.6. The predicted molar refractivity (Wildman–Crippen MR) is 93.5 cm³/mol. The molecule has 1 aromatic heterocycles. The minimum atomic E-state index is -0.850. The minimum Gasteiger partial charge on any atom is -0.324 e. The first kappa shape index (κ1) is 16.1. The number of fused-ring (bicyclic) bond motifs is 1. The van der Waals surface area contributed by atoms with E-state index in [1.807, 2.05) is 23.1 Å². The first-order chi connectivity index (χ1) is 12.6. The zero-order valence-corrected chi connectivity index (χ0v) is 13.6. The van der Waals surface area contributed by atoms with Crippen LogP contribution in [0.2, 0.25) is 0 Å². The molecule has 1 aliphatic heterocycles. The molecule has 0 saturated carbocycles. The first-order valence-electron chi connectivity index (χ1n) is 8.08. The van der Waals surface area contributed by atoms with E-state index in [1.54, 1.807) is 6.07 Å². The van der Waals surface area contributed by atoms with Gasteiger partial charge in [0, 0.05) is 12.2 Å². The molecular weight excluding hydrogens is 338 g/mol. The van der Waals surface area contributed by atoms with Crippen LogP contribution >= 0.6 is 0 Å². The van der Waals surface area contributed by atoms with Crippen LogP contribution in [0.15, 0.2) is 54.6 Å². The van der Waals surface area contributed by atoms with Gasteiger partial charge in [0.15, 0.2) is 11.5 Å². The van der Waals surface area contributed by atoms with Crippen LogP contribution in [0, 0.1) is 11.6 Å². The Balaban J connectivity index is 1.54. The molecule has 7 heteroatoms. The van der Waals surface area contributed by atoms with Gasteiger partial charge in [0.25, 0.3) is 5.91 Å². The number of halogens is 2. The van der Waals surface area contributed by atoms with E-state index in [0.29, 0.717) is 5.82 Å². The Morgan fingerprint density at radius 2 is 1.73 bits per heavy atom. The number of benzene rings is 2. The third-order valence-corrected chi connectivity index (χ3v) is 4.25. The van der Waals surface area contributed by atoms with Crippen LogP contribution in [0.4, 0.5) is 26.0 Å². The average Bonchev–Trinajstić information content (AvgIpc) is 3.09. The molecule has 2 aromatic carbocycles. The van der Waals surface area contributed by atoms with Crippen LogP contribution < -0.4 is 10.2 Å². The molecule has 0 bridgehead atoms. The summed E-state index contributed by atoms with van der Waals surface area (Å²) in [4.78, 5) is 14.2. The Bertz CT molecular complexity index is 955. The number of hydrogen-bond acceptors (Lipinski definition) is 4. The van der Waals surface area contributed by atoms with Gasteiger partial charge in [-0.15, -0.1) is 10.2 Å². The second-order valence-electron chi connectivity index (χ2n) is 5.86. The van der Waals surface area contributed by atoms with Gasteiger partial charge in [0.1, 0.15) is 17.3 Å². The largest absolute Gasteiger partial charge is 0.324 e. The van der Waals surface area contributed by atoms with E-state index in [-0.39, 0.29) is 5.69 Å². The van der Waals surface area contributed by atoms with Crippen molar-refractivity contribution in [3.8, 4) is 0 Å². The number of rotatable bonds is 3. The number of nitrogens with zero attached hydrogens (tertiary/aromatic N) is 3. The van der Waals surface area contributed by atoms with Crippen molar-refractivity contribution in [3.05, 3.63) is 77.5 Å². The summed E-state index contributed by atoms with van der Waals surface area (Å²) in [6, 6.07) is 14.5. The van der Waals surface area contributed by atoms with E-state index < -0.39 is 23.2 Å². The monoisotopic (exact) mass is 352 g/mol. The number of amides is 1. The number of anilines is 3. The molecule has 0 saturated heterocycles. The summed E-state index contributed by atoms with van der Waals surface area (Å²) in [6.45, 7) is 0.778. The number of carbonyl (C=O) groups excluding carboxylic acids is 1. The van der Waals surface area contributed by atoms with Crippen molar-refractivity contribution in [3.63, 3.8) is 0 Å². The molecule has 5 nitrogen and oxygen atoms in total. The van der Waals surface area contributed by atoms with E-state index in [2.05, 4.69) is 21.6 Å². The smallest absolute Gasteiger partial charge is 0.276 e. The molecule has 2 heterocycles. The summed E-state index contributed by atoms with van der Waals surface area (Å²) < 4.78 is 27.3. The van der Waals surface area contributed by atoms with Crippen molar-refractivity contribution in [1.82, 2.24) is 10.2 Å². The Kier molecular flexibility index (Phi) is 4.04. The highest BCUT2D eigenvalue weighted by Crippen LogP contribution is 2.32. The quantitative estimate of drug-likeness (QED) is 0.781. The second kappa shape index (κ2) is 6.51. The fourth-order valence-corrected chi connectivity index (χ4v) is 2.96. The highest BCUT2D eigenvalue weighted by Gasteiger charge is 2.22. The van der Waals surface area contributed by atoms with E-state index in [0.717, 1.165) is 30.8 Å². The summed E-state index contributed by atoms with van der Waals surface area (Å²) in [5, 5.41) is 10.2. The van der Waals surface area contributed by atoms with E-state index in [4.69, 9.17) is 0 Å². The lowest BCUT2D eigenvalue weighted by Gasteiger charge is -2.17. The summed E-state index contributed by atoms with van der Waals surface area (Å²) in [7, 11) is 0. The topological polar surface area (TPSA) is 58.1 Å². The Morgan fingerprint density at radius 1 is 0.962 bits per heavy atom. The molecule has 0 unspecified atom stereocenters. The molecule has 0 spiro atoms. The van der Waals surface area contributed by atoms with Crippen LogP contribution in [0.3, 0.4) is 0 Å². The molecule has 0 radical (unpaired) electrons. The summed E-state index contributed by atoms with van der Waals surface area (Å²) in [5.74, 6) is -1.81. The molecule has 1 N–H and O–H groups in total. The zero-order chi connectivity index (χ0) is 18.1. The van der Waals surface area contributed by atoms with Crippen LogP contribution in [-0.4, -0.2) is 22.6 Å². The van der Waals surface area contributed by atoms with Crippen molar-refractivity contribution >= 4 is 23.1 Å². The molecular formula is C19H14F2N4O. The zero-order valence-electron chi connectivity index (χ0n) is 13.6. The Labute approximate surface area is 148 Å². The molecule has 26 heavy (non-hydrogen) atoms. The molecule has 0 atom stereocenters. The second-order valence-corrected chi connectivity index (χ2v) is 5.86. The van der Waals surface area contributed by atoms with Crippen LogP contribution in [-0.2, 0) is 6.42 Å². The van der Waals surface area contributed by atoms with Gasteiger partial charge in [-0.2, -0.15) is 0 Å². The van der Waals surface area contributed by atoms with Crippen LogP contribution in [0.1, 0.15) is 16.1 Å². The van der Waals surface area contributed by atoms with Crippen molar-refractivity contribution in [2.75, 3.05) is 16.8 Å². The molecule has 4 rings (SSSR count). The average molecular weight is 352 g/mol. The number of hydrogen-bond donors (Lipinski definition) is 1. The van der Waals surface area contributed by atoms with Gasteiger partial charge < -0.3 is 10.2 Å². The van der Waals surface area contributed by atoms with E-state index in [1.165, 1.54) is 17.7 Å². The van der Waals surface area contributed by atoms with Gasteiger partial charge in [-0.1, -0.05) is 24.3 Å². The first-order valence-corrected chi connectivity index (χ1v) is 8.08. The molecule has 0 fully saturated rings. The van der Waals surface area contributed by atoms with E-state index >= 15 is 0 Å². The molecule has 3 aromatic rings. The summed E-state index contributed by atoms with van der Waals surface area (Å²) >= 11 is 0. The normalized spacial score (nSPS) is 12.8. The van der Waals surface area contributed by atoms with Crippen molar-refractivity contribution in [2.24, 2.45) is 0 Å². The van der Waals surface area contributed by atoms with Gasteiger partial charge in [-0.05, 0) is 42.3 Å². The van der Waals surface area contributed by atoms with E-state index in [9.17, 15) is 13.6 Å². The highest BCUT2D eigenvalue weighted by atomic mass is 19.1. The number of carbonyl (C=O) groups is 1. The lowest BCUT2D eigenvalue weighted by molar-refractivity contribution is 0.102. The summed E-state index contributed by atoms with van der Waals surface area (Å²) in [6.07, 6.45) is 0.909. The minimum absolute atomic E-state index is 0.0242. The van der Waals surface area contributed by atoms with Gasteiger partial charge in [0.05, 0.1) is 0 Å². The maximum atomic E-state index is 13.6. The fourth-order valence-electron chi connectivity index (χ4n) is 2.96. The third kappa shape index (κ3) is 2.88. The predicted octanol–water partition coefficient (Wildman–Crippen LogP) is 3.70.